The quantitative estimate of drug-likeness (QED) is 0.542. The molecule has 1 aliphatic heterocycles. The van der Waals surface area contributed by atoms with Crippen LogP contribution in [0.5, 0.6) is 5.75 Å². The Morgan fingerprint density at radius 1 is 1.10 bits per heavy atom. The van der Waals surface area contributed by atoms with E-state index < -0.39 is 0 Å². The number of hydrogen-bond donors (Lipinski definition) is 1. The van der Waals surface area contributed by atoms with Crippen LogP contribution >= 0.6 is 11.6 Å². The van der Waals surface area contributed by atoms with Crippen LogP contribution in [0.4, 0.5) is 11.4 Å². The van der Waals surface area contributed by atoms with Gasteiger partial charge in [0.1, 0.15) is 17.3 Å². The number of benzene rings is 2. The zero-order valence-electron chi connectivity index (χ0n) is 17.1. The molecule has 31 heavy (non-hydrogen) atoms. The first-order valence-electron chi connectivity index (χ1n) is 9.98. The summed E-state index contributed by atoms with van der Waals surface area (Å²) in [5, 5.41) is 3.62. The average Bonchev–Trinajstić information content (AvgIpc) is 3.28. The van der Waals surface area contributed by atoms with Crippen LogP contribution in [-0.2, 0) is 9.53 Å². The predicted octanol–water partition coefficient (Wildman–Crippen LogP) is 5.10. The fraction of sp³-hybridized carbons (Fsp3) is 0.208. The smallest absolute Gasteiger partial charge is 0.248 e. The Balaban J connectivity index is 1.47. The number of carbonyl (C=O) groups is 1. The van der Waals surface area contributed by atoms with Crippen LogP contribution in [0, 0.1) is 0 Å². The molecule has 7 heteroatoms. The van der Waals surface area contributed by atoms with Gasteiger partial charge in [-0.15, -0.1) is 0 Å². The van der Waals surface area contributed by atoms with Gasteiger partial charge in [-0.2, -0.15) is 0 Å². The summed E-state index contributed by atoms with van der Waals surface area (Å²) >= 11 is 5.93. The maximum Gasteiger partial charge on any atom is 0.248 e. The number of amides is 1. The number of nitrogens with one attached hydrogen (secondary N) is 1. The van der Waals surface area contributed by atoms with Crippen molar-refractivity contribution >= 4 is 35.0 Å². The lowest BCUT2D eigenvalue weighted by atomic mass is 10.2. The Bertz CT molecular complexity index is 1070. The Morgan fingerprint density at radius 2 is 1.87 bits per heavy atom. The van der Waals surface area contributed by atoms with Crippen LogP contribution in [0.3, 0.4) is 0 Å². The number of furan rings is 1. The molecule has 0 atom stereocenters. The number of morpholine rings is 1. The molecule has 160 valence electrons. The van der Waals surface area contributed by atoms with Gasteiger partial charge in [-0.25, -0.2) is 0 Å². The van der Waals surface area contributed by atoms with E-state index in [-0.39, 0.29) is 5.91 Å². The molecule has 1 saturated heterocycles. The summed E-state index contributed by atoms with van der Waals surface area (Å²) in [6.07, 6.45) is 3.09. The maximum atomic E-state index is 12.6. The molecule has 0 saturated carbocycles. The predicted molar refractivity (Wildman–Crippen MR) is 123 cm³/mol. The Labute approximate surface area is 186 Å². The average molecular weight is 439 g/mol. The molecule has 0 aliphatic carbocycles. The summed E-state index contributed by atoms with van der Waals surface area (Å²) in [5.74, 6) is 1.71. The second kappa shape index (κ2) is 9.73. The second-order valence-corrected chi connectivity index (χ2v) is 7.45. The van der Waals surface area contributed by atoms with E-state index in [0.29, 0.717) is 41.2 Å². The third-order valence-electron chi connectivity index (χ3n) is 4.97. The molecule has 1 N–H and O–H groups in total. The SMILES string of the molecule is COc1ccc(N2CCOCC2)c(NC(=O)/C=C/c2ccc(-c3ccc(Cl)cc3)o2)c1. The zero-order valence-corrected chi connectivity index (χ0v) is 17.9. The minimum Gasteiger partial charge on any atom is -0.497 e. The molecule has 4 rings (SSSR count). The van der Waals surface area contributed by atoms with Crippen molar-refractivity contribution in [3.05, 3.63) is 71.5 Å². The number of halogens is 1. The molecule has 1 aromatic heterocycles. The molecule has 0 spiro atoms. The van der Waals surface area contributed by atoms with Crippen LogP contribution < -0.4 is 15.0 Å². The molecule has 1 aliphatic rings. The molecule has 2 heterocycles. The highest BCUT2D eigenvalue weighted by Crippen LogP contribution is 2.31. The number of ether oxygens (including phenoxy) is 2. The molecule has 3 aromatic rings. The van der Waals surface area contributed by atoms with Gasteiger partial charge >= 0.3 is 0 Å². The summed E-state index contributed by atoms with van der Waals surface area (Å²) in [6.45, 7) is 2.86. The minimum absolute atomic E-state index is 0.257. The Morgan fingerprint density at radius 3 is 2.61 bits per heavy atom. The van der Waals surface area contributed by atoms with E-state index in [0.717, 1.165) is 24.3 Å². The monoisotopic (exact) mass is 438 g/mol. The van der Waals surface area contributed by atoms with Gasteiger partial charge in [0.05, 0.1) is 31.7 Å². The summed E-state index contributed by atoms with van der Waals surface area (Å²) in [4.78, 5) is 14.8. The van der Waals surface area contributed by atoms with Crippen LogP contribution in [0.1, 0.15) is 5.76 Å². The fourth-order valence-electron chi connectivity index (χ4n) is 3.37. The highest BCUT2D eigenvalue weighted by atomic mass is 35.5. The summed E-state index contributed by atoms with van der Waals surface area (Å²) in [6, 6.07) is 16.7. The first-order chi connectivity index (χ1) is 15.1. The maximum absolute atomic E-state index is 12.6. The van der Waals surface area contributed by atoms with Crippen molar-refractivity contribution in [1.29, 1.82) is 0 Å². The van der Waals surface area contributed by atoms with Gasteiger partial charge in [-0.05, 0) is 54.6 Å². The number of carbonyl (C=O) groups excluding carboxylic acids is 1. The van der Waals surface area contributed by atoms with Gasteiger partial charge in [0, 0.05) is 35.8 Å². The number of rotatable bonds is 6. The Hall–Kier alpha value is -3.22. The highest BCUT2D eigenvalue weighted by molar-refractivity contribution is 6.30. The third kappa shape index (κ3) is 5.29. The van der Waals surface area contributed by atoms with Crippen molar-refractivity contribution in [2.24, 2.45) is 0 Å². The lowest BCUT2D eigenvalue weighted by Crippen LogP contribution is -2.36. The molecule has 0 unspecified atom stereocenters. The van der Waals surface area contributed by atoms with Gasteiger partial charge in [0.2, 0.25) is 5.91 Å². The van der Waals surface area contributed by atoms with E-state index in [2.05, 4.69) is 10.2 Å². The van der Waals surface area contributed by atoms with Crippen molar-refractivity contribution < 1.29 is 18.7 Å². The van der Waals surface area contributed by atoms with E-state index in [4.69, 9.17) is 25.5 Å². The largest absolute Gasteiger partial charge is 0.497 e. The van der Waals surface area contributed by atoms with Gasteiger partial charge in [0.25, 0.3) is 0 Å². The lowest BCUT2D eigenvalue weighted by Gasteiger charge is -2.30. The van der Waals surface area contributed by atoms with Gasteiger partial charge in [-0.1, -0.05) is 11.6 Å². The van der Waals surface area contributed by atoms with Crippen molar-refractivity contribution in [2.75, 3.05) is 43.6 Å². The second-order valence-electron chi connectivity index (χ2n) is 7.01. The van der Waals surface area contributed by atoms with Crippen molar-refractivity contribution in [1.82, 2.24) is 0 Å². The molecular formula is C24H23ClN2O4. The molecule has 1 amide bonds. The lowest BCUT2D eigenvalue weighted by molar-refractivity contribution is -0.111. The van der Waals surface area contributed by atoms with E-state index in [9.17, 15) is 4.79 Å². The summed E-state index contributed by atoms with van der Waals surface area (Å²) < 4.78 is 16.6. The first kappa shape index (κ1) is 21.0. The van der Waals surface area contributed by atoms with E-state index in [1.165, 1.54) is 6.08 Å². The molecular weight excluding hydrogens is 416 g/mol. The number of nitrogens with zero attached hydrogens (tertiary/aromatic N) is 1. The molecule has 1 fully saturated rings. The van der Waals surface area contributed by atoms with E-state index in [1.54, 1.807) is 13.2 Å². The van der Waals surface area contributed by atoms with Crippen molar-refractivity contribution in [3.63, 3.8) is 0 Å². The zero-order chi connectivity index (χ0) is 21.6. The number of hydrogen-bond acceptors (Lipinski definition) is 5. The van der Waals surface area contributed by atoms with Crippen LogP contribution in [0.25, 0.3) is 17.4 Å². The standard InChI is InChI=1S/C24H23ClN2O4/c1-29-20-6-9-22(27-12-14-30-15-13-27)21(16-20)26-24(28)11-8-19-7-10-23(31-19)17-2-4-18(25)5-3-17/h2-11,16H,12-15H2,1H3,(H,26,28)/b11-8+. The summed E-state index contributed by atoms with van der Waals surface area (Å²) in [5.41, 5.74) is 2.55. The molecule has 6 nitrogen and oxygen atoms in total. The van der Waals surface area contributed by atoms with Crippen LogP contribution in [0.2, 0.25) is 5.02 Å². The van der Waals surface area contributed by atoms with Crippen LogP contribution in [0.15, 0.2) is 65.1 Å². The first-order valence-corrected chi connectivity index (χ1v) is 10.4. The third-order valence-corrected chi connectivity index (χ3v) is 5.22. The van der Waals surface area contributed by atoms with Gasteiger partial charge < -0.3 is 24.1 Å². The number of anilines is 2. The van der Waals surface area contributed by atoms with Gasteiger partial charge in [-0.3, -0.25) is 4.79 Å². The molecule has 0 bridgehead atoms. The fourth-order valence-corrected chi connectivity index (χ4v) is 3.49. The molecule has 2 aromatic carbocycles. The topological polar surface area (TPSA) is 63.9 Å². The molecule has 0 radical (unpaired) electrons. The van der Waals surface area contributed by atoms with Crippen molar-refractivity contribution in [2.45, 2.75) is 0 Å². The van der Waals surface area contributed by atoms with E-state index in [1.807, 2.05) is 54.6 Å². The van der Waals surface area contributed by atoms with E-state index >= 15 is 0 Å². The minimum atomic E-state index is -0.257. The van der Waals surface area contributed by atoms with Crippen molar-refractivity contribution in [3.8, 4) is 17.1 Å². The van der Waals surface area contributed by atoms with Crippen LogP contribution in [-0.4, -0.2) is 39.3 Å². The number of methoxy groups -OCH3 is 1. The highest BCUT2D eigenvalue weighted by Gasteiger charge is 2.16. The van der Waals surface area contributed by atoms with Gasteiger partial charge in [0.15, 0.2) is 0 Å². The summed E-state index contributed by atoms with van der Waals surface area (Å²) in [7, 11) is 1.60. The normalized spacial score (nSPS) is 14.1. The Kier molecular flexibility index (Phi) is 6.60.